The summed E-state index contributed by atoms with van der Waals surface area (Å²) in [7, 11) is 0. The molecule has 1 aromatic carbocycles. The molecule has 1 aliphatic rings. The third-order valence-electron chi connectivity index (χ3n) is 3.54. The first-order valence-electron chi connectivity index (χ1n) is 6.32. The standard InChI is InChI=1S/C14H16F2O3/c15-11-5-10(6-12(16)7-11)13(8-14(17)18)9-1-3-19-4-2-9/h5-7,9,13H,1-4,8H2,(H,17,18)/t13-/m1/s1. The fraction of sp³-hybridized carbons (Fsp3) is 0.500. The van der Waals surface area contributed by atoms with Crippen LogP contribution in [0, 0.1) is 17.6 Å². The van der Waals surface area contributed by atoms with Crippen molar-refractivity contribution in [2.45, 2.75) is 25.2 Å². The predicted octanol–water partition coefficient (Wildman–Crippen LogP) is 2.95. The van der Waals surface area contributed by atoms with Gasteiger partial charge in [0.25, 0.3) is 0 Å². The molecular weight excluding hydrogens is 254 g/mol. The van der Waals surface area contributed by atoms with Crippen LogP contribution in [0.4, 0.5) is 8.78 Å². The van der Waals surface area contributed by atoms with Crippen molar-refractivity contribution >= 4 is 5.97 Å². The average Bonchev–Trinajstić information content (AvgIpc) is 2.35. The zero-order valence-electron chi connectivity index (χ0n) is 10.4. The van der Waals surface area contributed by atoms with Gasteiger partial charge in [0.2, 0.25) is 0 Å². The van der Waals surface area contributed by atoms with E-state index in [9.17, 15) is 13.6 Å². The summed E-state index contributed by atoms with van der Waals surface area (Å²) < 4.78 is 31.8. The smallest absolute Gasteiger partial charge is 0.303 e. The van der Waals surface area contributed by atoms with Gasteiger partial charge in [-0.25, -0.2) is 8.78 Å². The summed E-state index contributed by atoms with van der Waals surface area (Å²) in [6.45, 7) is 1.14. The summed E-state index contributed by atoms with van der Waals surface area (Å²) in [5.41, 5.74) is 0.423. The van der Waals surface area contributed by atoms with Gasteiger partial charge in [0, 0.05) is 19.3 Å². The monoisotopic (exact) mass is 270 g/mol. The van der Waals surface area contributed by atoms with Crippen molar-refractivity contribution in [1.82, 2.24) is 0 Å². The van der Waals surface area contributed by atoms with E-state index in [4.69, 9.17) is 9.84 Å². The van der Waals surface area contributed by atoms with E-state index in [0.717, 1.165) is 18.9 Å². The van der Waals surface area contributed by atoms with E-state index in [-0.39, 0.29) is 18.3 Å². The maximum atomic E-state index is 13.3. The molecule has 0 amide bonds. The van der Waals surface area contributed by atoms with Gasteiger partial charge >= 0.3 is 5.97 Å². The highest BCUT2D eigenvalue weighted by Gasteiger charge is 2.28. The molecule has 0 aliphatic carbocycles. The number of ether oxygens (including phenoxy) is 1. The van der Waals surface area contributed by atoms with E-state index in [1.807, 2.05) is 0 Å². The fourth-order valence-corrected chi connectivity index (χ4v) is 2.65. The molecule has 0 spiro atoms. The molecule has 0 bridgehead atoms. The molecule has 0 radical (unpaired) electrons. The van der Waals surface area contributed by atoms with Crippen LogP contribution in [-0.4, -0.2) is 24.3 Å². The molecule has 1 heterocycles. The molecule has 19 heavy (non-hydrogen) atoms. The van der Waals surface area contributed by atoms with Gasteiger partial charge in [-0.3, -0.25) is 4.79 Å². The Balaban J connectivity index is 2.27. The Labute approximate surface area is 110 Å². The number of carboxylic acid groups (broad SMARTS) is 1. The van der Waals surface area contributed by atoms with Crippen LogP contribution in [0.15, 0.2) is 18.2 Å². The molecule has 3 nitrogen and oxygen atoms in total. The first-order valence-corrected chi connectivity index (χ1v) is 6.32. The number of benzene rings is 1. The first-order chi connectivity index (χ1) is 9.06. The molecular formula is C14H16F2O3. The molecule has 5 heteroatoms. The fourth-order valence-electron chi connectivity index (χ4n) is 2.65. The highest BCUT2D eigenvalue weighted by atomic mass is 19.1. The number of carboxylic acids is 1. The molecule has 1 atom stereocenters. The minimum absolute atomic E-state index is 0.0889. The van der Waals surface area contributed by atoms with Crippen LogP contribution in [0.3, 0.4) is 0 Å². The van der Waals surface area contributed by atoms with E-state index in [2.05, 4.69) is 0 Å². The second-order valence-electron chi connectivity index (χ2n) is 4.86. The predicted molar refractivity (Wildman–Crippen MR) is 64.9 cm³/mol. The number of aliphatic carboxylic acids is 1. The van der Waals surface area contributed by atoms with Crippen LogP contribution >= 0.6 is 0 Å². The minimum Gasteiger partial charge on any atom is -0.481 e. The van der Waals surface area contributed by atoms with Crippen LogP contribution in [0.2, 0.25) is 0 Å². The van der Waals surface area contributed by atoms with Crippen LogP contribution < -0.4 is 0 Å². The SMILES string of the molecule is O=C(O)C[C@@H](c1cc(F)cc(F)c1)C1CCOCC1. The Morgan fingerprint density at radius 3 is 2.37 bits per heavy atom. The Morgan fingerprint density at radius 2 is 1.84 bits per heavy atom. The number of halogens is 2. The summed E-state index contributed by atoms with van der Waals surface area (Å²) in [5.74, 6) is -2.58. The zero-order chi connectivity index (χ0) is 13.8. The lowest BCUT2D eigenvalue weighted by atomic mass is 9.79. The topological polar surface area (TPSA) is 46.5 Å². The first kappa shape index (κ1) is 13.9. The van der Waals surface area contributed by atoms with Crippen molar-refractivity contribution in [3.05, 3.63) is 35.4 Å². The van der Waals surface area contributed by atoms with Crippen LogP contribution in [0.25, 0.3) is 0 Å². The molecule has 1 saturated heterocycles. The molecule has 0 unspecified atom stereocenters. The minimum atomic E-state index is -0.957. The van der Waals surface area contributed by atoms with E-state index >= 15 is 0 Å². The second kappa shape index (κ2) is 6.10. The number of hydrogen-bond donors (Lipinski definition) is 1. The van der Waals surface area contributed by atoms with Crippen LogP contribution in [0.1, 0.15) is 30.7 Å². The second-order valence-corrected chi connectivity index (χ2v) is 4.86. The van der Waals surface area contributed by atoms with Gasteiger partial charge in [0.1, 0.15) is 11.6 Å². The maximum absolute atomic E-state index is 13.3. The van der Waals surface area contributed by atoms with E-state index in [1.165, 1.54) is 12.1 Å². The van der Waals surface area contributed by atoms with Crippen molar-refractivity contribution in [1.29, 1.82) is 0 Å². The largest absolute Gasteiger partial charge is 0.481 e. The molecule has 1 aliphatic heterocycles. The van der Waals surface area contributed by atoms with Crippen LogP contribution in [-0.2, 0) is 9.53 Å². The van der Waals surface area contributed by atoms with Gasteiger partial charge in [-0.2, -0.15) is 0 Å². The summed E-state index contributed by atoms with van der Waals surface area (Å²) >= 11 is 0. The normalized spacial score (nSPS) is 18.2. The molecule has 0 saturated carbocycles. The number of carbonyl (C=O) groups is 1. The number of hydrogen-bond acceptors (Lipinski definition) is 2. The lowest BCUT2D eigenvalue weighted by Crippen LogP contribution is -2.24. The Bertz CT molecular complexity index is 436. The van der Waals surface area contributed by atoms with Crippen molar-refractivity contribution in [2.24, 2.45) is 5.92 Å². The lowest BCUT2D eigenvalue weighted by molar-refractivity contribution is -0.138. The van der Waals surface area contributed by atoms with Crippen molar-refractivity contribution < 1.29 is 23.4 Å². The van der Waals surface area contributed by atoms with Gasteiger partial charge in [0.05, 0.1) is 6.42 Å². The molecule has 0 aromatic heterocycles. The van der Waals surface area contributed by atoms with Gasteiger partial charge in [-0.1, -0.05) is 0 Å². The Hall–Kier alpha value is -1.49. The molecule has 1 fully saturated rings. The molecule has 2 rings (SSSR count). The highest BCUT2D eigenvalue weighted by molar-refractivity contribution is 5.68. The van der Waals surface area contributed by atoms with Crippen molar-refractivity contribution in [2.75, 3.05) is 13.2 Å². The summed E-state index contributed by atoms with van der Waals surface area (Å²) in [4.78, 5) is 11.0. The average molecular weight is 270 g/mol. The quantitative estimate of drug-likeness (QED) is 0.915. The van der Waals surface area contributed by atoms with Crippen LogP contribution in [0.5, 0.6) is 0 Å². The third kappa shape index (κ3) is 3.73. The molecule has 104 valence electrons. The van der Waals surface area contributed by atoms with Crippen molar-refractivity contribution in [3.63, 3.8) is 0 Å². The lowest BCUT2D eigenvalue weighted by Gasteiger charge is -2.29. The Morgan fingerprint density at radius 1 is 1.26 bits per heavy atom. The van der Waals surface area contributed by atoms with E-state index in [1.54, 1.807) is 0 Å². The van der Waals surface area contributed by atoms with Gasteiger partial charge in [-0.15, -0.1) is 0 Å². The summed E-state index contributed by atoms with van der Waals surface area (Å²) in [5, 5.41) is 9.00. The molecule has 1 aromatic rings. The molecule has 1 N–H and O–H groups in total. The zero-order valence-corrected chi connectivity index (χ0v) is 10.4. The van der Waals surface area contributed by atoms with Gasteiger partial charge in [0.15, 0.2) is 0 Å². The number of rotatable bonds is 4. The summed E-state index contributed by atoms with van der Waals surface area (Å²) in [6, 6.07) is 3.25. The third-order valence-corrected chi connectivity index (χ3v) is 3.54. The Kier molecular flexibility index (Phi) is 4.47. The van der Waals surface area contributed by atoms with Gasteiger partial charge in [-0.05, 0) is 42.4 Å². The maximum Gasteiger partial charge on any atom is 0.303 e. The van der Waals surface area contributed by atoms with E-state index < -0.39 is 17.6 Å². The highest BCUT2D eigenvalue weighted by Crippen LogP contribution is 2.35. The van der Waals surface area contributed by atoms with Gasteiger partial charge < -0.3 is 9.84 Å². The van der Waals surface area contributed by atoms with E-state index in [0.29, 0.717) is 18.8 Å². The van der Waals surface area contributed by atoms with Crippen molar-refractivity contribution in [3.8, 4) is 0 Å². The summed E-state index contributed by atoms with van der Waals surface area (Å²) in [6.07, 6.45) is 1.32.